The van der Waals surface area contributed by atoms with Crippen molar-refractivity contribution in [3.8, 4) is 5.75 Å². The fourth-order valence-corrected chi connectivity index (χ4v) is 4.48. The topological polar surface area (TPSA) is 186 Å². The molecule has 246 valence electrons. The van der Waals surface area contributed by atoms with Gasteiger partial charge in [0.25, 0.3) is 0 Å². The molecule has 0 saturated carbocycles. The number of unbranched alkanes of at least 4 members (excludes halogenated alkanes) is 4. The fraction of sp³-hybridized carbons (Fsp3) is 0.371. The molecule has 3 rings (SSSR count). The Hall–Kier alpha value is -5.06. The molecule has 0 saturated heterocycles. The number of anilines is 3. The van der Waals surface area contributed by atoms with E-state index in [0.29, 0.717) is 66.9 Å². The Labute approximate surface area is 269 Å². The van der Waals surface area contributed by atoms with Crippen LogP contribution in [0.5, 0.6) is 5.75 Å². The molecule has 1 unspecified atom stereocenters. The predicted molar refractivity (Wildman–Crippen MR) is 177 cm³/mol. The number of hydrogen-bond donors (Lipinski definition) is 4. The number of carbonyl (C=O) groups is 4. The van der Waals surface area contributed by atoms with Crippen molar-refractivity contribution < 1.29 is 33.4 Å². The number of aryl methyl sites for hydroxylation is 1. The number of ether oxygens (including phenoxy) is 3. The van der Waals surface area contributed by atoms with E-state index in [1.165, 1.54) is 0 Å². The van der Waals surface area contributed by atoms with Crippen LogP contribution in [0.25, 0.3) is 0 Å². The van der Waals surface area contributed by atoms with Gasteiger partial charge in [-0.05, 0) is 111 Å². The molecule has 0 aliphatic carbocycles. The van der Waals surface area contributed by atoms with E-state index in [9.17, 15) is 19.2 Å². The molecule has 1 atom stereocenters. The van der Waals surface area contributed by atoms with Gasteiger partial charge >= 0.3 is 17.9 Å². The van der Waals surface area contributed by atoms with Gasteiger partial charge in [-0.1, -0.05) is 12.1 Å². The Bertz CT molecular complexity index is 1440. The molecule has 1 amide bonds. The van der Waals surface area contributed by atoms with Crippen molar-refractivity contribution in [2.24, 2.45) is 0 Å². The molecule has 0 spiro atoms. The Morgan fingerprint density at radius 1 is 0.717 bits per heavy atom. The van der Waals surface area contributed by atoms with Gasteiger partial charge in [-0.2, -0.15) is 0 Å². The molecular weight excluding hydrogens is 588 g/mol. The molecule has 11 heteroatoms. The number of esters is 3. The van der Waals surface area contributed by atoms with Gasteiger partial charge in [-0.3, -0.25) is 9.59 Å². The average molecular weight is 633 g/mol. The van der Waals surface area contributed by atoms with Gasteiger partial charge in [-0.25, -0.2) is 9.59 Å². The van der Waals surface area contributed by atoms with Gasteiger partial charge < -0.3 is 36.7 Å². The summed E-state index contributed by atoms with van der Waals surface area (Å²) in [4.78, 5) is 49.9. The highest BCUT2D eigenvalue weighted by atomic mass is 16.5. The van der Waals surface area contributed by atoms with E-state index in [2.05, 4.69) is 5.32 Å². The first-order chi connectivity index (χ1) is 22.1. The second-order valence-electron chi connectivity index (χ2n) is 11.1. The smallest absolute Gasteiger partial charge is 0.338 e. The van der Waals surface area contributed by atoms with Gasteiger partial charge in [0.05, 0.1) is 18.8 Å². The Kier molecular flexibility index (Phi) is 14.4. The predicted octanol–water partition coefficient (Wildman–Crippen LogP) is 4.90. The number of nitrogens with one attached hydrogen (secondary N) is 1. The molecule has 0 bridgehead atoms. The molecule has 0 fully saturated rings. The number of rotatable bonds is 18. The maximum atomic E-state index is 13.0. The zero-order valence-corrected chi connectivity index (χ0v) is 26.3. The number of benzene rings is 3. The summed E-state index contributed by atoms with van der Waals surface area (Å²) < 4.78 is 16.1. The van der Waals surface area contributed by atoms with Crippen LogP contribution in [-0.4, -0.2) is 43.1 Å². The van der Waals surface area contributed by atoms with Gasteiger partial charge in [0.15, 0.2) is 0 Å². The highest BCUT2D eigenvalue weighted by Gasteiger charge is 2.23. The summed E-state index contributed by atoms with van der Waals surface area (Å²) in [6, 6.07) is 17.7. The van der Waals surface area contributed by atoms with Crippen molar-refractivity contribution in [1.29, 1.82) is 0 Å². The van der Waals surface area contributed by atoms with Crippen molar-refractivity contribution >= 4 is 40.9 Å². The summed E-state index contributed by atoms with van der Waals surface area (Å²) in [5.74, 6) is -1.15. The first-order valence-corrected chi connectivity index (χ1v) is 15.5. The van der Waals surface area contributed by atoms with Gasteiger partial charge in [-0.15, -0.1) is 0 Å². The summed E-state index contributed by atoms with van der Waals surface area (Å²) >= 11 is 0. The van der Waals surface area contributed by atoms with E-state index in [-0.39, 0.29) is 44.4 Å². The van der Waals surface area contributed by atoms with Crippen LogP contribution in [0.15, 0.2) is 66.7 Å². The van der Waals surface area contributed by atoms with E-state index < -0.39 is 18.0 Å². The summed E-state index contributed by atoms with van der Waals surface area (Å²) in [5.41, 5.74) is 21.2. The molecule has 0 radical (unpaired) electrons. The van der Waals surface area contributed by atoms with Crippen LogP contribution in [0.2, 0.25) is 0 Å². The second kappa shape index (κ2) is 18.7. The summed E-state index contributed by atoms with van der Waals surface area (Å²) in [5, 5.41) is 2.81. The van der Waals surface area contributed by atoms with Crippen LogP contribution in [0.1, 0.15) is 72.9 Å². The van der Waals surface area contributed by atoms with Crippen molar-refractivity contribution in [2.45, 2.75) is 70.8 Å². The van der Waals surface area contributed by atoms with Crippen LogP contribution in [0.4, 0.5) is 17.1 Å². The van der Waals surface area contributed by atoms with Gasteiger partial charge in [0.1, 0.15) is 11.8 Å². The summed E-state index contributed by atoms with van der Waals surface area (Å²) in [6.07, 6.45) is 4.29. The maximum Gasteiger partial charge on any atom is 0.338 e. The molecular formula is C35H44N4O7. The van der Waals surface area contributed by atoms with Crippen molar-refractivity contribution in [1.82, 2.24) is 5.32 Å². The van der Waals surface area contributed by atoms with Crippen LogP contribution in [-0.2, 0) is 30.3 Å². The third-order valence-corrected chi connectivity index (χ3v) is 7.21. The van der Waals surface area contributed by atoms with Crippen LogP contribution >= 0.6 is 0 Å². The van der Waals surface area contributed by atoms with Gasteiger partial charge in [0.2, 0.25) is 5.91 Å². The van der Waals surface area contributed by atoms with Crippen molar-refractivity contribution in [2.75, 3.05) is 30.4 Å². The quantitative estimate of drug-likeness (QED) is 0.0651. The normalized spacial score (nSPS) is 11.3. The number of nitrogen functional groups attached to an aromatic ring is 3. The Balaban J connectivity index is 1.38. The lowest BCUT2D eigenvalue weighted by Crippen LogP contribution is -2.43. The lowest BCUT2D eigenvalue weighted by Gasteiger charge is -2.18. The first-order valence-electron chi connectivity index (χ1n) is 15.5. The zero-order chi connectivity index (χ0) is 33.3. The standard InChI is InChI=1S/C35H44N4O7/c1-24-10-11-25(22-30(24)38)23-31(35(43)45-21-7-3-5-9-33(41)46-29-18-16-28(37)17-19-29)39-32(40)8-4-2-6-20-44-34(42)26-12-14-27(36)15-13-26/h10-19,22,31H,2-9,20-21,23,36-38H2,1H3,(H,39,40). The molecule has 7 N–H and O–H groups in total. The molecule has 0 aliphatic heterocycles. The minimum absolute atomic E-state index is 0.156. The first kappa shape index (κ1) is 35.4. The maximum absolute atomic E-state index is 13.0. The van der Waals surface area contributed by atoms with Crippen LogP contribution in [0, 0.1) is 6.92 Å². The average Bonchev–Trinajstić information content (AvgIpc) is 3.03. The Morgan fingerprint density at radius 3 is 1.98 bits per heavy atom. The molecule has 11 nitrogen and oxygen atoms in total. The molecule has 0 aliphatic rings. The summed E-state index contributed by atoms with van der Waals surface area (Å²) in [7, 11) is 0. The minimum atomic E-state index is -0.884. The van der Waals surface area contributed by atoms with E-state index >= 15 is 0 Å². The molecule has 0 heterocycles. The fourth-order valence-electron chi connectivity index (χ4n) is 4.48. The molecule has 3 aromatic carbocycles. The Morgan fingerprint density at radius 2 is 1.33 bits per heavy atom. The molecule has 3 aromatic rings. The summed E-state index contributed by atoms with van der Waals surface area (Å²) in [6.45, 7) is 2.28. The third-order valence-electron chi connectivity index (χ3n) is 7.21. The lowest BCUT2D eigenvalue weighted by molar-refractivity contribution is -0.148. The van der Waals surface area contributed by atoms with Crippen molar-refractivity contribution in [3.05, 3.63) is 83.4 Å². The number of amides is 1. The molecule has 0 aromatic heterocycles. The second-order valence-corrected chi connectivity index (χ2v) is 11.1. The number of hydrogen-bond acceptors (Lipinski definition) is 10. The molecule has 46 heavy (non-hydrogen) atoms. The van der Waals surface area contributed by atoms with E-state index in [1.807, 2.05) is 19.1 Å². The van der Waals surface area contributed by atoms with E-state index in [0.717, 1.165) is 11.1 Å². The zero-order valence-electron chi connectivity index (χ0n) is 26.3. The van der Waals surface area contributed by atoms with Gasteiger partial charge in [0, 0.05) is 36.3 Å². The highest BCUT2D eigenvalue weighted by Crippen LogP contribution is 2.17. The highest BCUT2D eigenvalue weighted by molar-refractivity contribution is 5.89. The van der Waals surface area contributed by atoms with Crippen LogP contribution in [0.3, 0.4) is 0 Å². The van der Waals surface area contributed by atoms with E-state index in [1.54, 1.807) is 54.6 Å². The largest absolute Gasteiger partial charge is 0.464 e. The number of carbonyl (C=O) groups excluding carboxylic acids is 4. The van der Waals surface area contributed by atoms with Crippen molar-refractivity contribution in [3.63, 3.8) is 0 Å². The SMILES string of the molecule is Cc1ccc(CC(NC(=O)CCCCCOC(=O)c2ccc(N)cc2)C(=O)OCCCCCC(=O)Oc2ccc(N)cc2)cc1N. The van der Waals surface area contributed by atoms with E-state index in [4.69, 9.17) is 31.4 Å². The van der Waals surface area contributed by atoms with Crippen LogP contribution < -0.4 is 27.3 Å². The lowest BCUT2D eigenvalue weighted by atomic mass is 10.0. The minimum Gasteiger partial charge on any atom is -0.464 e. The monoisotopic (exact) mass is 632 g/mol. The number of nitrogens with two attached hydrogens (primary N) is 3. The third kappa shape index (κ3) is 12.9.